The predicted molar refractivity (Wildman–Crippen MR) is 105 cm³/mol. The van der Waals surface area contributed by atoms with Crippen molar-refractivity contribution in [1.29, 1.82) is 0 Å². The minimum Gasteiger partial charge on any atom is -0.258 e. The van der Waals surface area contributed by atoms with Crippen LogP contribution in [0, 0.1) is 10.1 Å². The van der Waals surface area contributed by atoms with E-state index in [1.807, 2.05) is 36.4 Å². The fraction of sp³-hybridized carbons (Fsp3) is 0. The SMILES string of the molecule is [B]c1c([B])c([N+](=O)[O-])c(-c2cccc(-c3ccccc3)c2)c([B])c1Cl. The summed E-state index contributed by atoms with van der Waals surface area (Å²) in [5, 5.41) is 11.6. The van der Waals surface area contributed by atoms with Gasteiger partial charge in [0.15, 0.2) is 0 Å². The Morgan fingerprint density at radius 2 is 1.40 bits per heavy atom. The monoisotopic (exact) mass is 339 g/mol. The smallest absolute Gasteiger partial charge is 0.258 e. The van der Waals surface area contributed by atoms with Crippen molar-refractivity contribution in [2.24, 2.45) is 0 Å². The first-order chi connectivity index (χ1) is 11.9. The molecule has 3 rings (SSSR count). The van der Waals surface area contributed by atoms with Gasteiger partial charge < -0.3 is 0 Å². The van der Waals surface area contributed by atoms with Crippen LogP contribution in [-0.2, 0) is 0 Å². The maximum Gasteiger partial charge on any atom is 0.269 e. The Kier molecular flexibility index (Phi) is 4.73. The molecule has 0 bridgehead atoms. The zero-order chi connectivity index (χ0) is 18.1. The molecule has 3 aromatic rings. The molecule has 0 unspecified atom stereocenters. The van der Waals surface area contributed by atoms with Gasteiger partial charge in [-0.1, -0.05) is 71.1 Å². The summed E-state index contributed by atoms with van der Waals surface area (Å²) in [4.78, 5) is 11.0. The van der Waals surface area contributed by atoms with Gasteiger partial charge in [0.25, 0.3) is 5.69 Å². The highest BCUT2D eigenvalue weighted by atomic mass is 35.5. The highest BCUT2D eigenvalue weighted by Crippen LogP contribution is 2.31. The topological polar surface area (TPSA) is 43.1 Å². The maximum absolute atomic E-state index is 11.6. The van der Waals surface area contributed by atoms with Crippen LogP contribution in [0.5, 0.6) is 0 Å². The molecular weight excluding hydrogens is 330 g/mol. The number of hydrogen-bond donors (Lipinski definition) is 0. The van der Waals surface area contributed by atoms with Crippen LogP contribution in [0.3, 0.4) is 0 Å². The highest BCUT2D eigenvalue weighted by molar-refractivity contribution is 6.61. The Morgan fingerprint density at radius 1 is 0.800 bits per heavy atom. The van der Waals surface area contributed by atoms with Gasteiger partial charge in [-0.3, -0.25) is 10.1 Å². The molecule has 114 valence electrons. The van der Waals surface area contributed by atoms with Crippen molar-refractivity contribution in [3.05, 3.63) is 69.7 Å². The summed E-state index contributed by atoms with van der Waals surface area (Å²) in [7, 11) is 17.6. The molecule has 0 saturated carbocycles. The largest absolute Gasteiger partial charge is 0.269 e. The van der Waals surface area contributed by atoms with Crippen LogP contribution in [0.25, 0.3) is 22.3 Å². The van der Waals surface area contributed by atoms with E-state index in [1.165, 1.54) is 0 Å². The Balaban J connectivity index is 2.29. The van der Waals surface area contributed by atoms with E-state index in [4.69, 9.17) is 35.1 Å². The minimum atomic E-state index is -0.594. The molecule has 25 heavy (non-hydrogen) atoms. The summed E-state index contributed by atoms with van der Waals surface area (Å²) in [6.45, 7) is 0. The molecule has 0 aliphatic heterocycles. The summed E-state index contributed by atoms with van der Waals surface area (Å²) < 4.78 is 0. The molecular formula is C18H9B3ClNO2. The van der Waals surface area contributed by atoms with Crippen LogP contribution in [0.4, 0.5) is 5.69 Å². The van der Waals surface area contributed by atoms with Gasteiger partial charge in [-0.25, -0.2) is 0 Å². The van der Waals surface area contributed by atoms with Crippen LogP contribution >= 0.6 is 11.6 Å². The van der Waals surface area contributed by atoms with Crippen molar-refractivity contribution in [2.75, 3.05) is 0 Å². The van der Waals surface area contributed by atoms with Gasteiger partial charge in [-0.15, -0.1) is 0 Å². The third-order valence-corrected chi connectivity index (χ3v) is 4.37. The van der Waals surface area contributed by atoms with Crippen molar-refractivity contribution in [3.63, 3.8) is 0 Å². The molecule has 0 aliphatic rings. The Bertz CT molecular complexity index is 978. The standard InChI is InChI=1S/C18H9B3ClNO2/c19-14-13(18(23(24)25)16(21)15(20)17(14)22)12-8-4-7-11(9-12)10-5-2-1-3-6-10/h1-9H. The zero-order valence-electron chi connectivity index (χ0n) is 13.1. The van der Waals surface area contributed by atoms with Crippen LogP contribution in [0.15, 0.2) is 54.6 Å². The van der Waals surface area contributed by atoms with Gasteiger partial charge in [0.1, 0.15) is 23.5 Å². The van der Waals surface area contributed by atoms with E-state index in [0.717, 1.165) is 11.1 Å². The molecule has 0 saturated heterocycles. The van der Waals surface area contributed by atoms with E-state index in [1.54, 1.807) is 18.2 Å². The van der Waals surface area contributed by atoms with E-state index >= 15 is 0 Å². The first kappa shape index (κ1) is 17.4. The Morgan fingerprint density at radius 3 is 2.04 bits per heavy atom. The third kappa shape index (κ3) is 3.10. The van der Waals surface area contributed by atoms with E-state index in [0.29, 0.717) is 5.56 Å². The summed E-state index contributed by atoms with van der Waals surface area (Å²) in [5.74, 6) is 0. The summed E-state index contributed by atoms with van der Waals surface area (Å²) in [6, 6.07) is 16.9. The maximum atomic E-state index is 11.6. The lowest BCUT2D eigenvalue weighted by Gasteiger charge is -2.16. The fourth-order valence-electron chi connectivity index (χ4n) is 2.73. The molecule has 0 heterocycles. The van der Waals surface area contributed by atoms with Gasteiger partial charge >= 0.3 is 0 Å². The highest BCUT2D eigenvalue weighted by Gasteiger charge is 2.24. The van der Waals surface area contributed by atoms with E-state index in [-0.39, 0.29) is 32.7 Å². The average molecular weight is 339 g/mol. The van der Waals surface area contributed by atoms with Crippen LogP contribution < -0.4 is 16.4 Å². The van der Waals surface area contributed by atoms with Crippen LogP contribution in [0.2, 0.25) is 5.02 Å². The molecule has 0 spiro atoms. The zero-order valence-corrected chi connectivity index (χ0v) is 13.8. The van der Waals surface area contributed by atoms with Crippen molar-refractivity contribution >= 4 is 57.2 Å². The number of rotatable bonds is 3. The van der Waals surface area contributed by atoms with Gasteiger partial charge in [-0.05, 0) is 28.2 Å². The van der Waals surface area contributed by atoms with Crippen molar-refractivity contribution in [2.45, 2.75) is 0 Å². The lowest BCUT2D eigenvalue weighted by molar-refractivity contribution is -0.382. The first-order valence-corrected chi connectivity index (χ1v) is 7.75. The Hall–Kier alpha value is -2.46. The van der Waals surface area contributed by atoms with Gasteiger partial charge in [-0.2, -0.15) is 0 Å². The van der Waals surface area contributed by atoms with Crippen molar-refractivity contribution < 1.29 is 4.92 Å². The molecule has 0 aromatic heterocycles. The second kappa shape index (κ2) is 6.81. The van der Waals surface area contributed by atoms with Gasteiger partial charge in [0.05, 0.1) is 10.5 Å². The molecule has 6 radical (unpaired) electrons. The molecule has 7 heteroatoms. The molecule has 0 amide bonds. The van der Waals surface area contributed by atoms with Gasteiger partial charge in [0, 0.05) is 5.02 Å². The summed E-state index contributed by atoms with van der Waals surface area (Å²) in [6.07, 6.45) is 0. The molecule has 0 aliphatic carbocycles. The number of nitrogens with zero attached hydrogens (tertiary/aromatic N) is 1. The number of nitro groups is 1. The Labute approximate surface area is 154 Å². The third-order valence-electron chi connectivity index (χ3n) is 3.97. The first-order valence-electron chi connectivity index (χ1n) is 7.38. The number of benzene rings is 3. The summed E-state index contributed by atoms with van der Waals surface area (Å²) in [5.41, 5.74) is 1.98. The van der Waals surface area contributed by atoms with Crippen molar-refractivity contribution in [1.82, 2.24) is 0 Å². The number of nitro benzene ring substituents is 1. The van der Waals surface area contributed by atoms with Crippen LogP contribution in [0.1, 0.15) is 0 Å². The predicted octanol–water partition coefficient (Wildman–Crippen LogP) is 1.96. The lowest BCUT2D eigenvalue weighted by atomic mass is 9.72. The molecule has 3 aromatic carbocycles. The van der Waals surface area contributed by atoms with Gasteiger partial charge in [0.2, 0.25) is 0 Å². The molecule has 0 atom stereocenters. The molecule has 0 fully saturated rings. The average Bonchev–Trinajstić information content (AvgIpc) is 2.63. The molecule has 3 nitrogen and oxygen atoms in total. The van der Waals surface area contributed by atoms with Crippen LogP contribution in [-0.4, -0.2) is 28.5 Å². The minimum absolute atomic E-state index is 0.0169. The summed E-state index contributed by atoms with van der Waals surface area (Å²) >= 11 is 6.12. The second-order valence-corrected chi connectivity index (χ2v) is 5.86. The molecule has 0 N–H and O–H groups in total. The number of halogens is 1. The van der Waals surface area contributed by atoms with Crippen molar-refractivity contribution in [3.8, 4) is 22.3 Å². The normalized spacial score (nSPS) is 10.6. The van der Waals surface area contributed by atoms with E-state index < -0.39 is 4.92 Å². The van der Waals surface area contributed by atoms with E-state index in [2.05, 4.69) is 0 Å². The fourth-order valence-corrected chi connectivity index (χ4v) is 2.93. The quantitative estimate of drug-likeness (QED) is 0.416. The second-order valence-electron chi connectivity index (χ2n) is 5.48. The number of hydrogen-bond acceptors (Lipinski definition) is 2. The lowest BCUT2D eigenvalue weighted by Crippen LogP contribution is -2.35. The van der Waals surface area contributed by atoms with E-state index in [9.17, 15) is 10.1 Å².